The molecule has 1 unspecified atom stereocenters. The molecule has 614 valence electrons. The second-order valence-electron chi connectivity index (χ2n) is 28.6. The zero-order valence-corrected chi connectivity index (χ0v) is 66.5. The molecule has 39 heteroatoms. The van der Waals surface area contributed by atoms with Gasteiger partial charge in [-0.2, -0.15) is 0 Å². The Bertz CT molecular complexity index is 6130. The molecule has 14 N–H and O–H groups in total. The highest BCUT2D eigenvalue weighted by atomic mass is 35.5. The number of aromatic hydroxyl groups is 1. The third-order valence-corrected chi connectivity index (χ3v) is 20.0. The van der Waals surface area contributed by atoms with Gasteiger partial charge in [0.2, 0.25) is 35.3 Å². The molecule has 119 heavy (non-hydrogen) atoms. The van der Waals surface area contributed by atoms with Crippen LogP contribution < -0.4 is 68.7 Å². The number of aromatic amines is 1. The number of aryl methyl sites for hydroxylation is 8. The maximum absolute atomic E-state index is 14.1. The first-order valence-electron chi connectivity index (χ1n) is 37.2. The van der Waals surface area contributed by atoms with Gasteiger partial charge < -0.3 is 115 Å². The standard InChI is InChI=1S/C80H83ClN24O14/c1-42(106)85-46-25-62(100(5)34-46)77(116)96-65-41-104(9)71(95-65)79(118)91-51-30-59(99(4)39-51)74(113)84-22-19-68(110)93-64-40-103(8)70(94-64)78(117)90-50-29-57(98(3)38-50)72(111)82-20-12-15-66(108)86-47-26-61(102(7)35-47)76(115)89-49-28-58(97(2)37-49)73(112)83-21-18-67(109)87-48-27-60(101(6)36-48)75(114)88-45-17-16-43-23-55(92-54(43)24-45)80(119)105-33-44(32-81)69-53-14-11-10-13-52(53)63(107)31-56(69)105/h10-11,13-14,16-17,23-31,34-41,44,92,107H,12,15,18-22,32-33H2,1-9H3,(H,82,111)(H,83,112)(H,84,113)(H,85,106)(H,86,108)(H,87,109)(H,88,114)(H,89,115)(H,90,117)(H,91,118)(H,93,110)(H,96,116). The number of H-pyrrole nitrogens is 1. The number of phenolic OH excluding ortho intramolecular Hbond substituents is 1. The minimum Gasteiger partial charge on any atom is -0.507 e. The van der Waals surface area contributed by atoms with E-state index in [0.29, 0.717) is 57.3 Å². The van der Waals surface area contributed by atoms with Crippen LogP contribution in [0.25, 0.3) is 21.7 Å². The molecular formula is C80H83ClN24O14. The first-order chi connectivity index (χ1) is 56.8. The van der Waals surface area contributed by atoms with Gasteiger partial charge in [0.25, 0.3) is 53.2 Å². The van der Waals surface area contributed by atoms with Crippen LogP contribution >= 0.6 is 11.6 Å². The average molecular weight is 1640 g/mol. The third kappa shape index (κ3) is 18.5. The Morgan fingerprint density at radius 2 is 0.824 bits per heavy atom. The van der Waals surface area contributed by atoms with Crippen molar-refractivity contribution in [1.82, 2.24) is 67.4 Å². The molecule has 9 aromatic heterocycles. The number of carbonyl (C=O) groups excluding carboxylic acids is 13. The molecule has 12 aromatic rings. The van der Waals surface area contributed by atoms with E-state index >= 15 is 0 Å². The maximum atomic E-state index is 14.1. The summed E-state index contributed by atoms with van der Waals surface area (Å²) in [5, 5.41) is 45.7. The topological polar surface area (TPSA) is 471 Å². The number of imidazole rings is 2. The molecule has 3 aromatic carbocycles. The zero-order valence-electron chi connectivity index (χ0n) is 65.8. The van der Waals surface area contributed by atoms with E-state index in [1.165, 1.54) is 106 Å². The lowest BCUT2D eigenvalue weighted by atomic mass is 9.95. The second kappa shape index (κ2) is 34.4. The van der Waals surface area contributed by atoms with Crippen LogP contribution in [0.4, 0.5) is 57.1 Å². The Hall–Kier alpha value is -15.2. The number of hydrogen-bond donors (Lipinski definition) is 14. The van der Waals surface area contributed by atoms with Crippen molar-refractivity contribution >= 4 is 167 Å². The molecule has 0 radical (unpaired) electrons. The Balaban J connectivity index is 0.497. The molecule has 38 nitrogen and oxygen atoms in total. The predicted molar refractivity (Wildman–Crippen MR) is 443 cm³/mol. The highest BCUT2D eigenvalue weighted by molar-refractivity contribution is 6.20. The van der Waals surface area contributed by atoms with E-state index in [-0.39, 0.29) is 144 Å². The van der Waals surface area contributed by atoms with Crippen molar-refractivity contribution in [3.05, 3.63) is 198 Å². The van der Waals surface area contributed by atoms with Crippen LogP contribution in [-0.2, 0) is 75.6 Å². The molecule has 0 fully saturated rings. The third-order valence-electron chi connectivity index (χ3n) is 19.6. The van der Waals surface area contributed by atoms with Crippen molar-refractivity contribution in [2.45, 2.75) is 38.5 Å². The molecule has 1 atom stereocenters. The molecule has 13 amide bonds. The molecule has 0 spiro atoms. The number of fused-ring (bicyclic) bond motifs is 4. The fourth-order valence-electron chi connectivity index (χ4n) is 13.9. The zero-order chi connectivity index (χ0) is 84.9. The number of carbonyl (C=O) groups is 13. The van der Waals surface area contributed by atoms with Crippen molar-refractivity contribution in [3.63, 3.8) is 0 Å². The van der Waals surface area contributed by atoms with Crippen LogP contribution in [0, 0.1) is 0 Å². The smallest absolute Gasteiger partial charge is 0.291 e. The van der Waals surface area contributed by atoms with Gasteiger partial charge in [0, 0.05) is 198 Å². The van der Waals surface area contributed by atoms with Crippen molar-refractivity contribution in [2.24, 2.45) is 56.4 Å². The monoisotopic (exact) mass is 1640 g/mol. The minimum atomic E-state index is -0.658. The molecular weight excluding hydrogens is 1560 g/mol. The first kappa shape index (κ1) is 81.8. The molecule has 0 bridgehead atoms. The van der Waals surface area contributed by atoms with Gasteiger partial charge in [0.1, 0.15) is 45.6 Å². The number of nitrogens with zero attached hydrogens (tertiary/aromatic N) is 11. The number of benzene rings is 3. The predicted octanol–water partition coefficient (Wildman–Crippen LogP) is 7.39. The van der Waals surface area contributed by atoms with Gasteiger partial charge in [-0.15, -0.1) is 11.6 Å². The Kier molecular flexibility index (Phi) is 23.7. The van der Waals surface area contributed by atoms with Crippen molar-refractivity contribution in [2.75, 3.05) is 84.8 Å². The highest BCUT2D eigenvalue weighted by Gasteiger charge is 2.36. The van der Waals surface area contributed by atoms with E-state index < -0.39 is 65.0 Å². The first-order valence-corrected chi connectivity index (χ1v) is 37.7. The van der Waals surface area contributed by atoms with E-state index in [2.05, 4.69) is 78.8 Å². The molecule has 10 heterocycles. The maximum Gasteiger partial charge on any atom is 0.291 e. The van der Waals surface area contributed by atoms with Crippen LogP contribution in [0.1, 0.15) is 139 Å². The largest absolute Gasteiger partial charge is 0.507 e. The Morgan fingerprint density at radius 1 is 0.420 bits per heavy atom. The van der Waals surface area contributed by atoms with E-state index in [9.17, 15) is 67.4 Å². The van der Waals surface area contributed by atoms with Gasteiger partial charge in [-0.1, -0.05) is 30.3 Å². The SMILES string of the molecule is CC(=O)Nc1cc(C(=O)Nc2cn(C)c(C(=O)Nc3cc(C(=O)NCCC(=O)Nc4cn(C)c(C(=O)Nc5cc(C(=O)NCCCC(=O)Nc6cc(C(=O)Nc7cc(C(=O)NCCC(=O)Nc8cc(C(=O)Nc9ccc%10cc(C(=O)N%11CC(CCl)c%12c%11cc(O)c%11ccccc%12%11)[nH]c%10c9)n(C)c8)n(C)c7)n(C)c6)n(C)c5)n4)n(C)c3)n2)n(C)c1. The molecule has 0 saturated heterocycles. The second-order valence-corrected chi connectivity index (χ2v) is 28.9. The summed E-state index contributed by atoms with van der Waals surface area (Å²) in [4.78, 5) is 185. The summed E-state index contributed by atoms with van der Waals surface area (Å²) in [5.41, 5.74) is 5.91. The van der Waals surface area contributed by atoms with Gasteiger partial charge >= 0.3 is 0 Å². The Morgan fingerprint density at radius 3 is 1.30 bits per heavy atom. The van der Waals surface area contributed by atoms with E-state index in [1.54, 1.807) is 115 Å². The van der Waals surface area contributed by atoms with Gasteiger partial charge in [-0.25, -0.2) is 9.97 Å². The summed E-state index contributed by atoms with van der Waals surface area (Å²) in [6.45, 7) is 1.63. The fourth-order valence-corrected chi connectivity index (χ4v) is 14.2. The number of aromatic nitrogens is 11. The number of halogens is 1. The van der Waals surface area contributed by atoms with E-state index in [4.69, 9.17) is 11.6 Å². The lowest BCUT2D eigenvalue weighted by molar-refractivity contribution is -0.117. The summed E-state index contributed by atoms with van der Waals surface area (Å²) in [7, 11) is 12.8. The number of nitrogens with one attached hydrogen (secondary N) is 13. The molecule has 0 aliphatic carbocycles. The van der Waals surface area contributed by atoms with Gasteiger partial charge in [0.15, 0.2) is 11.6 Å². The quantitative estimate of drug-likeness (QED) is 0.0160. The van der Waals surface area contributed by atoms with Crippen LogP contribution in [0.2, 0.25) is 0 Å². The highest BCUT2D eigenvalue weighted by Crippen LogP contribution is 2.46. The van der Waals surface area contributed by atoms with E-state index in [0.717, 1.165) is 16.3 Å². The lowest BCUT2D eigenvalue weighted by Crippen LogP contribution is -2.30. The summed E-state index contributed by atoms with van der Waals surface area (Å²) in [6, 6.07) is 24.8. The molecule has 0 saturated carbocycles. The van der Waals surface area contributed by atoms with Gasteiger partial charge in [0.05, 0.1) is 39.8 Å². The Labute approximate surface area is 682 Å². The lowest BCUT2D eigenvalue weighted by Gasteiger charge is -2.17. The molecule has 13 rings (SSSR count). The summed E-state index contributed by atoms with van der Waals surface area (Å²) in [5.74, 6) is -6.16. The van der Waals surface area contributed by atoms with E-state index in [1.807, 2.05) is 24.3 Å². The van der Waals surface area contributed by atoms with Crippen LogP contribution in [0.5, 0.6) is 5.75 Å². The number of anilines is 10. The normalized spacial score (nSPS) is 12.2. The number of rotatable bonds is 29. The number of phenols is 1. The average Bonchev–Trinajstić information content (AvgIpc) is 1.60. The van der Waals surface area contributed by atoms with Gasteiger partial charge in [-0.3, -0.25) is 62.3 Å². The minimum absolute atomic E-state index is 0.00252. The summed E-state index contributed by atoms with van der Waals surface area (Å²) in [6.07, 6.45) is 12.1. The summed E-state index contributed by atoms with van der Waals surface area (Å²) >= 11 is 6.42. The summed E-state index contributed by atoms with van der Waals surface area (Å²) < 4.78 is 11.9. The molecule has 1 aliphatic rings. The van der Waals surface area contributed by atoms with Crippen molar-refractivity contribution in [1.29, 1.82) is 0 Å². The van der Waals surface area contributed by atoms with Crippen molar-refractivity contribution < 1.29 is 67.4 Å². The van der Waals surface area contributed by atoms with Gasteiger partial charge in [-0.05, 0) is 72.0 Å². The van der Waals surface area contributed by atoms with Crippen LogP contribution in [0.3, 0.4) is 0 Å². The number of alkyl halides is 1. The molecule has 1 aliphatic heterocycles. The van der Waals surface area contributed by atoms with Crippen molar-refractivity contribution in [3.8, 4) is 5.75 Å². The number of hydrogen-bond acceptors (Lipinski definition) is 16. The van der Waals surface area contributed by atoms with Crippen LogP contribution in [0.15, 0.2) is 141 Å². The fraction of sp³-hybridized carbons (Fsp3) is 0.237. The number of amides is 13. The van der Waals surface area contributed by atoms with Crippen LogP contribution in [-0.4, -0.2) is 165 Å².